The van der Waals surface area contributed by atoms with Gasteiger partial charge in [-0.15, -0.1) is 0 Å². The second kappa shape index (κ2) is 8.98. The lowest BCUT2D eigenvalue weighted by Crippen LogP contribution is -2.35. The number of esters is 1. The first-order valence-corrected chi connectivity index (χ1v) is 9.33. The molecule has 1 fully saturated rings. The van der Waals surface area contributed by atoms with Crippen molar-refractivity contribution in [2.24, 2.45) is 0 Å². The molecule has 1 aliphatic carbocycles. The minimum Gasteiger partial charge on any atom is -0.452 e. The minimum absolute atomic E-state index is 0.121. The van der Waals surface area contributed by atoms with Crippen LogP contribution in [0.4, 0.5) is 24.5 Å². The van der Waals surface area contributed by atoms with Gasteiger partial charge in [0, 0.05) is 11.7 Å². The van der Waals surface area contributed by atoms with E-state index in [-0.39, 0.29) is 28.9 Å². The highest BCUT2D eigenvalue weighted by Gasteiger charge is 2.30. The van der Waals surface area contributed by atoms with Crippen molar-refractivity contribution in [2.45, 2.75) is 37.9 Å². The molecule has 0 bridgehead atoms. The molecule has 1 amide bonds. The van der Waals surface area contributed by atoms with Gasteiger partial charge >= 0.3 is 12.1 Å². The molecule has 154 valence electrons. The van der Waals surface area contributed by atoms with E-state index < -0.39 is 24.3 Å². The summed E-state index contributed by atoms with van der Waals surface area (Å²) in [5.41, 5.74) is -0.211. The van der Waals surface area contributed by atoms with Gasteiger partial charge in [0.05, 0.1) is 16.8 Å². The van der Waals surface area contributed by atoms with E-state index in [1.807, 2.05) is 0 Å². The molecule has 0 spiro atoms. The molecule has 0 unspecified atom stereocenters. The predicted octanol–water partition coefficient (Wildman–Crippen LogP) is 4.66. The Morgan fingerprint density at radius 1 is 1.03 bits per heavy atom. The van der Waals surface area contributed by atoms with Gasteiger partial charge in [-0.05, 0) is 43.2 Å². The van der Waals surface area contributed by atoms with Crippen molar-refractivity contribution in [2.75, 3.05) is 11.9 Å². The largest absolute Gasteiger partial charge is 0.452 e. The van der Waals surface area contributed by atoms with Crippen LogP contribution < -0.4 is 10.6 Å². The maximum atomic E-state index is 12.9. The summed E-state index contributed by atoms with van der Waals surface area (Å²) in [5.74, 6) is -1.10. The van der Waals surface area contributed by atoms with Crippen LogP contribution in [0.3, 0.4) is 0 Å². The van der Waals surface area contributed by atoms with E-state index >= 15 is 0 Å². The standard InChI is InChI=1S/C21H21F3N2O3/c22-21(23,24)14-6-5-9-16(12-14)25-18-11-4-3-10-17(18)20(28)29-13-19(27)26-15-7-1-2-8-15/h3-6,9-12,15,25H,1-2,7-8,13H2,(H,26,27). The zero-order valence-electron chi connectivity index (χ0n) is 15.6. The molecular weight excluding hydrogens is 385 g/mol. The zero-order valence-corrected chi connectivity index (χ0v) is 15.6. The summed E-state index contributed by atoms with van der Waals surface area (Å²) in [4.78, 5) is 24.3. The quantitative estimate of drug-likeness (QED) is 0.685. The molecule has 1 saturated carbocycles. The molecule has 0 saturated heterocycles. The van der Waals surface area contributed by atoms with Crippen LogP contribution in [-0.2, 0) is 15.7 Å². The highest BCUT2D eigenvalue weighted by molar-refractivity contribution is 5.97. The third-order valence-electron chi connectivity index (χ3n) is 4.67. The molecule has 29 heavy (non-hydrogen) atoms. The average Bonchev–Trinajstić information content (AvgIpc) is 3.19. The maximum Gasteiger partial charge on any atom is 0.416 e. The fourth-order valence-corrected chi connectivity index (χ4v) is 3.25. The van der Waals surface area contributed by atoms with E-state index in [1.54, 1.807) is 18.2 Å². The van der Waals surface area contributed by atoms with Crippen molar-refractivity contribution < 1.29 is 27.5 Å². The lowest BCUT2D eigenvalue weighted by molar-refractivity contribution is -0.137. The van der Waals surface area contributed by atoms with Gasteiger partial charge in [0.1, 0.15) is 0 Å². The van der Waals surface area contributed by atoms with Gasteiger partial charge in [-0.2, -0.15) is 13.2 Å². The van der Waals surface area contributed by atoms with Gasteiger partial charge in [-0.25, -0.2) is 4.79 Å². The first-order valence-electron chi connectivity index (χ1n) is 9.33. The van der Waals surface area contributed by atoms with E-state index in [4.69, 9.17) is 4.74 Å². The van der Waals surface area contributed by atoms with Crippen LogP contribution in [0.25, 0.3) is 0 Å². The number of hydrogen-bond donors (Lipinski definition) is 2. The number of anilines is 2. The highest BCUT2D eigenvalue weighted by atomic mass is 19.4. The van der Waals surface area contributed by atoms with Gasteiger partial charge < -0.3 is 15.4 Å². The van der Waals surface area contributed by atoms with Gasteiger partial charge in [-0.1, -0.05) is 31.0 Å². The number of ether oxygens (including phenoxy) is 1. The van der Waals surface area contributed by atoms with Crippen molar-refractivity contribution >= 4 is 23.3 Å². The summed E-state index contributed by atoms with van der Waals surface area (Å²) in [6, 6.07) is 11.1. The number of benzene rings is 2. The Morgan fingerprint density at radius 3 is 2.48 bits per heavy atom. The Morgan fingerprint density at radius 2 is 1.76 bits per heavy atom. The van der Waals surface area contributed by atoms with Gasteiger partial charge in [0.2, 0.25) is 0 Å². The number of alkyl halides is 3. The zero-order chi connectivity index (χ0) is 20.9. The Labute approximate surface area is 166 Å². The first-order chi connectivity index (χ1) is 13.8. The summed E-state index contributed by atoms with van der Waals surface area (Å²) < 4.78 is 43.8. The number of hydrogen-bond acceptors (Lipinski definition) is 4. The summed E-state index contributed by atoms with van der Waals surface area (Å²) >= 11 is 0. The average molecular weight is 406 g/mol. The molecule has 2 aromatic rings. The monoisotopic (exact) mass is 406 g/mol. The molecular formula is C21H21F3N2O3. The van der Waals surface area contributed by atoms with Crippen molar-refractivity contribution in [3.63, 3.8) is 0 Å². The second-order valence-electron chi connectivity index (χ2n) is 6.87. The SMILES string of the molecule is O=C(COC(=O)c1ccccc1Nc1cccc(C(F)(F)F)c1)NC1CCCC1. The Kier molecular flexibility index (Phi) is 6.41. The second-order valence-corrected chi connectivity index (χ2v) is 6.87. The molecule has 0 aliphatic heterocycles. The van der Waals surface area contributed by atoms with E-state index in [2.05, 4.69) is 10.6 Å². The topological polar surface area (TPSA) is 67.4 Å². The molecule has 0 aromatic heterocycles. The number of amides is 1. The van der Waals surface area contributed by atoms with E-state index in [0.717, 1.165) is 37.8 Å². The Bertz CT molecular complexity index is 877. The van der Waals surface area contributed by atoms with Crippen LogP contribution in [0.2, 0.25) is 0 Å². The third kappa shape index (κ3) is 5.73. The maximum absolute atomic E-state index is 12.9. The number of carbonyl (C=O) groups excluding carboxylic acids is 2. The van der Waals surface area contributed by atoms with Crippen LogP contribution in [0.1, 0.15) is 41.6 Å². The molecule has 2 N–H and O–H groups in total. The number of nitrogens with one attached hydrogen (secondary N) is 2. The Hall–Kier alpha value is -3.03. The molecule has 5 nitrogen and oxygen atoms in total. The molecule has 0 heterocycles. The van der Waals surface area contributed by atoms with Crippen LogP contribution in [0.5, 0.6) is 0 Å². The molecule has 3 rings (SSSR count). The summed E-state index contributed by atoms with van der Waals surface area (Å²) in [6.45, 7) is -0.409. The van der Waals surface area contributed by atoms with Crippen LogP contribution in [0, 0.1) is 0 Å². The van der Waals surface area contributed by atoms with Gasteiger partial charge in [0.15, 0.2) is 6.61 Å². The highest BCUT2D eigenvalue weighted by Crippen LogP contribution is 2.32. The van der Waals surface area contributed by atoms with Crippen LogP contribution >= 0.6 is 0 Å². The Balaban J connectivity index is 1.65. The summed E-state index contributed by atoms with van der Waals surface area (Å²) in [5, 5.41) is 5.63. The number of carbonyl (C=O) groups is 2. The van der Waals surface area contributed by atoms with Crippen LogP contribution in [-0.4, -0.2) is 24.5 Å². The van der Waals surface area contributed by atoms with E-state index in [9.17, 15) is 22.8 Å². The smallest absolute Gasteiger partial charge is 0.416 e. The van der Waals surface area contributed by atoms with E-state index in [1.165, 1.54) is 18.2 Å². The van der Waals surface area contributed by atoms with Crippen molar-refractivity contribution in [3.05, 3.63) is 59.7 Å². The molecule has 1 aliphatic rings. The van der Waals surface area contributed by atoms with Gasteiger partial charge in [-0.3, -0.25) is 4.79 Å². The number of para-hydroxylation sites is 1. The fourth-order valence-electron chi connectivity index (χ4n) is 3.25. The first kappa shape index (κ1) is 20.7. The lowest BCUT2D eigenvalue weighted by Gasteiger charge is -2.14. The molecule has 0 radical (unpaired) electrons. The third-order valence-corrected chi connectivity index (χ3v) is 4.67. The number of halogens is 3. The normalized spacial score (nSPS) is 14.4. The van der Waals surface area contributed by atoms with Crippen molar-refractivity contribution in [1.29, 1.82) is 0 Å². The van der Waals surface area contributed by atoms with Crippen LogP contribution in [0.15, 0.2) is 48.5 Å². The predicted molar refractivity (Wildman–Crippen MR) is 102 cm³/mol. The summed E-state index contributed by atoms with van der Waals surface area (Å²) in [6.07, 6.45) is -0.492. The van der Waals surface area contributed by atoms with Crippen molar-refractivity contribution in [3.8, 4) is 0 Å². The van der Waals surface area contributed by atoms with Gasteiger partial charge in [0.25, 0.3) is 5.91 Å². The minimum atomic E-state index is -4.47. The van der Waals surface area contributed by atoms with Crippen molar-refractivity contribution in [1.82, 2.24) is 5.32 Å². The molecule has 8 heteroatoms. The van der Waals surface area contributed by atoms with E-state index in [0.29, 0.717) is 0 Å². The number of rotatable bonds is 6. The molecule has 2 aromatic carbocycles. The lowest BCUT2D eigenvalue weighted by atomic mass is 10.1. The fraction of sp³-hybridized carbons (Fsp3) is 0.333. The molecule has 0 atom stereocenters. The summed E-state index contributed by atoms with van der Waals surface area (Å²) in [7, 11) is 0.